The maximum atomic E-state index is 5.62. The number of methoxy groups -OCH3 is 1. The zero-order chi connectivity index (χ0) is 12.8. The molecule has 2 aromatic rings. The van der Waals surface area contributed by atoms with E-state index in [2.05, 4.69) is 10.4 Å². The summed E-state index contributed by atoms with van der Waals surface area (Å²) in [6.45, 7) is 0.462. The lowest BCUT2D eigenvalue weighted by Crippen LogP contribution is -2.08. The minimum absolute atomic E-state index is 0.462. The first-order chi connectivity index (χ1) is 8.81. The van der Waals surface area contributed by atoms with Crippen LogP contribution in [0.1, 0.15) is 5.56 Å². The molecule has 0 atom stereocenters. The Kier molecular flexibility index (Phi) is 3.98. The van der Waals surface area contributed by atoms with Crippen LogP contribution < -0.4 is 20.7 Å². The average Bonchev–Trinajstić information content (AvgIpc) is 2.46. The number of hydrogen-bond acceptors (Lipinski definition) is 5. The summed E-state index contributed by atoms with van der Waals surface area (Å²) in [6.07, 6.45) is 1.72. The van der Waals surface area contributed by atoms with E-state index in [1.165, 1.54) is 0 Å². The number of nitrogen functional groups attached to an aromatic ring is 1. The molecular formula is C13H15N3O2. The summed E-state index contributed by atoms with van der Waals surface area (Å²) in [5, 5.41) is 0. The standard InChI is InChI=1S/C13H15N3O2/c1-17-11-3-5-12(6-4-11)18-9-10-2-7-13(16-14)15-8-10/h2-8H,9,14H2,1H3,(H,15,16). The molecule has 5 nitrogen and oxygen atoms in total. The molecule has 0 saturated heterocycles. The van der Waals surface area contributed by atoms with E-state index in [4.69, 9.17) is 15.3 Å². The van der Waals surface area contributed by atoms with E-state index in [0.717, 1.165) is 17.1 Å². The summed E-state index contributed by atoms with van der Waals surface area (Å²) < 4.78 is 10.7. The third kappa shape index (κ3) is 3.11. The van der Waals surface area contributed by atoms with Crippen LogP contribution in [0.3, 0.4) is 0 Å². The molecule has 1 heterocycles. The smallest absolute Gasteiger partial charge is 0.139 e. The number of aromatic nitrogens is 1. The summed E-state index contributed by atoms with van der Waals surface area (Å²) >= 11 is 0. The van der Waals surface area contributed by atoms with E-state index in [1.54, 1.807) is 19.4 Å². The molecule has 0 aliphatic heterocycles. The van der Waals surface area contributed by atoms with E-state index >= 15 is 0 Å². The summed E-state index contributed by atoms with van der Waals surface area (Å²) in [5.74, 6) is 7.46. The van der Waals surface area contributed by atoms with Crippen molar-refractivity contribution >= 4 is 5.82 Å². The number of nitrogens with two attached hydrogens (primary N) is 1. The fraction of sp³-hybridized carbons (Fsp3) is 0.154. The minimum atomic E-state index is 0.462. The van der Waals surface area contributed by atoms with E-state index in [-0.39, 0.29) is 0 Å². The van der Waals surface area contributed by atoms with Gasteiger partial charge in [0.2, 0.25) is 0 Å². The van der Waals surface area contributed by atoms with Crippen LogP contribution in [0.15, 0.2) is 42.6 Å². The number of hydrogen-bond donors (Lipinski definition) is 2. The maximum absolute atomic E-state index is 5.62. The van der Waals surface area contributed by atoms with Crippen LogP contribution in [0, 0.1) is 0 Å². The molecule has 0 aliphatic carbocycles. The van der Waals surface area contributed by atoms with Gasteiger partial charge in [-0.25, -0.2) is 10.8 Å². The molecular weight excluding hydrogens is 230 g/mol. The molecule has 3 N–H and O–H groups in total. The highest BCUT2D eigenvalue weighted by Gasteiger charge is 1.98. The fourth-order valence-electron chi connectivity index (χ4n) is 1.43. The Hall–Kier alpha value is -2.27. The molecule has 0 amide bonds. The molecule has 0 aliphatic rings. The topological polar surface area (TPSA) is 69.4 Å². The molecule has 0 spiro atoms. The first kappa shape index (κ1) is 12.2. The van der Waals surface area contributed by atoms with Crippen molar-refractivity contribution < 1.29 is 9.47 Å². The summed E-state index contributed by atoms with van der Waals surface area (Å²) in [6, 6.07) is 11.1. The lowest BCUT2D eigenvalue weighted by atomic mass is 10.3. The zero-order valence-electron chi connectivity index (χ0n) is 10.1. The van der Waals surface area contributed by atoms with Gasteiger partial charge in [-0.1, -0.05) is 6.07 Å². The Morgan fingerprint density at radius 3 is 2.39 bits per heavy atom. The lowest BCUT2D eigenvalue weighted by Gasteiger charge is -2.07. The van der Waals surface area contributed by atoms with Crippen molar-refractivity contribution in [2.45, 2.75) is 6.61 Å². The molecule has 0 saturated carbocycles. The summed E-state index contributed by atoms with van der Waals surface area (Å²) in [5.41, 5.74) is 3.45. The van der Waals surface area contributed by atoms with Gasteiger partial charge in [0.1, 0.15) is 23.9 Å². The fourth-order valence-corrected chi connectivity index (χ4v) is 1.43. The number of hydrazine groups is 1. The van der Waals surface area contributed by atoms with Gasteiger partial charge in [0.15, 0.2) is 0 Å². The molecule has 1 aromatic heterocycles. The van der Waals surface area contributed by atoms with Gasteiger partial charge in [0.05, 0.1) is 7.11 Å². The highest BCUT2D eigenvalue weighted by Crippen LogP contribution is 2.18. The number of nitrogens with one attached hydrogen (secondary N) is 1. The molecule has 0 fully saturated rings. The van der Waals surface area contributed by atoms with Gasteiger partial charge in [-0.05, 0) is 30.3 Å². The predicted octanol–water partition coefficient (Wildman–Crippen LogP) is 1.95. The van der Waals surface area contributed by atoms with Crippen molar-refractivity contribution in [3.05, 3.63) is 48.2 Å². The van der Waals surface area contributed by atoms with Crippen molar-refractivity contribution in [1.29, 1.82) is 0 Å². The van der Waals surface area contributed by atoms with Gasteiger partial charge in [0, 0.05) is 11.8 Å². The minimum Gasteiger partial charge on any atom is -0.497 e. The van der Waals surface area contributed by atoms with Crippen LogP contribution in [0.5, 0.6) is 11.5 Å². The Balaban J connectivity index is 1.93. The highest BCUT2D eigenvalue weighted by atomic mass is 16.5. The Morgan fingerprint density at radius 1 is 1.11 bits per heavy atom. The Morgan fingerprint density at radius 2 is 1.83 bits per heavy atom. The molecule has 5 heteroatoms. The normalized spacial score (nSPS) is 9.89. The number of benzene rings is 1. The van der Waals surface area contributed by atoms with E-state index in [1.807, 2.05) is 30.3 Å². The summed E-state index contributed by atoms with van der Waals surface area (Å²) in [4.78, 5) is 4.10. The van der Waals surface area contributed by atoms with E-state index < -0.39 is 0 Å². The average molecular weight is 245 g/mol. The predicted molar refractivity (Wildman–Crippen MR) is 69.4 cm³/mol. The maximum Gasteiger partial charge on any atom is 0.139 e. The number of rotatable bonds is 5. The second kappa shape index (κ2) is 5.88. The van der Waals surface area contributed by atoms with Gasteiger partial charge < -0.3 is 14.9 Å². The third-order valence-electron chi connectivity index (χ3n) is 2.44. The Bertz CT molecular complexity index is 435. The van der Waals surface area contributed by atoms with Crippen LogP contribution in [-0.4, -0.2) is 12.1 Å². The van der Waals surface area contributed by atoms with E-state index in [9.17, 15) is 0 Å². The second-order valence-corrected chi connectivity index (χ2v) is 3.66. The van der Waals surface area contributed by atoms with Gasteiger partial charge in [-0.15, -0.1) is 0 Å². The van der Waals surface area contributed by atoms with Crippen molar-refractivity contribution in [2.75, 3.05) is 12.5 Å². The van der Waals surface area contributed by atoms with Crippen molar-refractivity contribution in [3.8, 4) is 11.5 Å². The molecule has 2 rings (SSSR count). The molecule has 1 aromatic carbocycles. The van der Waals surface area contributed by atoms with Gasteiger partial charge >= 0.3 is 0 Å². The zero-order valence-corrected chi connectivity index (χ0v) is 10.1. The molecule has 0 unspecified atom stereocenters. The second-order valence-electron chi connectivity index (χ2n) is 3.66. The molecule has 94 valence electrons. The van der Waals surface area contributed by atoms with Crippen LogP contribution in [0.4, 0.5) is 5.82 Å². The molecule has 0 bridgehead atoms. The molecule has 18 heavy (non-hydrogen) atoms. The third-order valence-corrected chi connectivity index (χ3v) is 2.44. The van der Waals surface area contributed by atoms with Gasteiger partial charge in [0.25, 0.3) is 0 Å². The van der Waals surface area contributed by atoms with Crippen molar-refractivity contribution in [2.24, 2.45) is 5.84 Å². The number of nitrogens with zero attached hydrogens (tertiary/aromatic N) is 1. The first-order valence-electron chi connectivity index (χ1n) is 5.50. The first-order valence-corrected chi connectivity index (χ1v) is 5.50. The largest absolute Gasteiger partial charge is 0.497 e. The summed E-state index contributed by atoms with van der Waals surface area (Å²) in [7, 11) is 1.63. The lowest BCUT2D eigenvalue weighted by molar-refractivity contribution is 0.305. The van der Waals surface area contributed by atoms with Crippen LogP contribution in [0.25, 0.3) is 0 Å². The highest BCUT2D eigenvalue weighted by molar-refractivity contribution is 5.34. The number of anilines is 1. The number of ether oxygens (including phenoxy) is 2. The van der Waals surface area contributed by atoms with Crippen LogP contribution in [0.2, 0.25) is 0 Å². The molecule has 0 radical (unpaired) electrons. The van der Waals surface area contributed by atoms with Crippen LogP contribution in [-0.2, 0) is 6.61 Å². The monoisotopic (exact) mass is 245 g/mol. The van der Waals surface area contributed by atoms with E-state index in [0.29, 0.717) is 12.4 Å². The van der Waals surface area contributed by atoms with Crippen molar-refractivity contribution in [3.63, 3.8) is 0 Å². The van der Waals surface area contributed by atoms with Gasteiger partial charge in [-0.2, -0.15) is 0 Å². The Labute approximate surface area is 106 Å². The quantitative estimate of drug-likeness (QED) is 0.622. The SMILES string of the molecule is COc1ccc(OCc2ccc(NN)nc2)cc1. The van der Waals surface area contributed by atoms with Crippen molar-refractivity contribution in [1.82, 2.24) is 4.98 Å². The van der Waals surface area contributed by atoms with Gasteiger partial charge in [-0.3, -0.25) is 0 Å². The van der Waals surface area contributed by atoms with Crippen LogP contribution >= 0.6 is 0 Å². The number of pyridine rings is 1.